The summed E-state index contributed by atoms with van der Waals surface area (Å²) in [4.78, 5) is 14.2. The molecule has 1 unspecified atom stereocenters. The van der Waals surface area contributed by atoms with Crippen LogP contribution in [0.5, 0.6) is 0 Å². The van der Waals surface area contributed by atoms with Crippen LogP contribution in [0.25, 0.3) is 0 Å². The van der Waals surface area contributed by atoms with Gasteiger partial charge in [0.2, 0.25) is 0 Å². The van der Waals surface area contributed by atoms with Gasteiger partial charge in [-0.3, -0.25) is 15.1 Å². The fourth-order valence-corrected chi connectivity index (χ4v) is 2.28. The number of rotatable bonds is 7. The van der Waals surface area contributed by atoms with Crippen molar-refractivity contribution in [1.29, 1.82) is 0 Å². The molecule has 4 nitrogen and oxygen atoms in total. The van der Waals surface area contributed by atoms with Crippen LogP contribution in [0.15, 0.2) is 0 Å². The molecule has 1 saturated carbocycles. The van der Waals surface area contributed by atoms with E-state index in [0.717, 1.165) is 13.0 Å². The van der Waals surface area contributed by atoms with Gasteiger partial charge in [-0.1, -0.05) is 27.7 Å². The summed E-state index contributed by atoms with van der Waals surface area (Å²) >= 11 is 0. The standard InChI is InChI=1S/C13H27N3O/c1-9(2)7-8-16(11-5-6-11)12(10(3)4)13(17)15-14/h9-12H,5-8,14H2,1-4H3,(H,15,17). The van der Waals surface area contributed by atoms with Crippen molar-refractivity contribution in [1.82, 2.24) is 10.3 Å². The van der Waals surface area contributed by atoms with Crippen molar-refractivity contribution in [3.8, 4) is 0 Å². The highest BCUT2D eigenvalue weighted by molar-refractivity contribution is 5.81. The van der Waals surface area contributed by atoms with Crippen molar-refractivity contribution >= 4 is 5.91 Å². The molecule has 1 atom stereocenters. The highest BCUT2D eigenvalue weighted by atomic mass is 16.2. The molecule has 0 saturated heterocycles. The molecule has 100 valence electrons. The highest BCUT2D eigenvalue weighted by Crippen LogP contribution is 2.31. The molecule has 1 amide bonds. The van der Waals surface area contributed by atoms with Crippen LogP contribution in [-0.2, 0) is 4.79 Å². The quantitative estimate of drug-likeness (QED) is 0.403. The summed E-state index contributed by atoms with van der Waals surface area (Å²) in [6.07, 6.45) is 3.58. The van der Waals surface area contributed by atoms with Gasteiger partial charge in [0.05, 0.1) is 6.04 Å². The first-order valence-electron chi connectivity index (χ1n) is 6.73. The van der Waals surface area contributed by atoms with Gasteiger partial charge in [0.15, 0.2) is 0 Å². The second-order valence-electron chi connectivity index (χ2n) is 5.85. The Kier molecular flexibility index (Phi) is 5.40. The molecule has 0 heterocycles. The normalized spacial score (nSPS) is 17.9. The van der Waals surface area contributed by atoms with Gasteiger partial charge in [0, 0.05) is 6.04 Å². The van der Waals surface area contributed by atoms with E-state index >= 15 is 0 Å². The molecule has 1 fully saturated rings. The maximum absolute atomic E-state index is 11.9. The van der Waals surface area contributed by atoms with Crippen LogP contribution in [0.3, 0.4) is 0 Å². The van der Waals surface area contributed by atoms with Gasteiger partial charge in [-0.2, -0.15) is 0 Å². The number of hydrazine groups is 1. The second kappa shape index (κ2) is 6.36. The van der Waals surface area contributed by atoms with E-state index < -0.39 is 0 Å². The summed E-state index contributed by atoms with van der Waals surface area (Å²) in [5, 5.41) is 0. The van der Waals surface area contributed by atoms with Crippen LogP contribution in [0.4, 0.5) is 0 Å². The molecule has 3 N–H and O–H groups in total. The van der Waals surface area contributed by atoms with Crippen LogP contribution in [0.1, 0.15) is 47.0 Å². The molecule has 0 radical (unpaired) electrons. The molecular weight excluding hydrogens is 214 g/mol. The fraction of sp³-hybridized carbons (Fsp3) is 0.923. The maximum Gasteiger partial charge on any atom is 0.251 e. The lowest BCUT2D eigenvalue weighted by atomic mass is 10.00. The Morgan fingerprint density at radius 3 is 2.29 bits per heavy atom. The average molecular weight is 241 g/mol. The van der Waals surface area contributed by atoms with Gasteiger partial charge in [-0.05, 0) is 37.6 Å². The molecule has 0 bridgehead atoms. The summed E-state index contributed by atoms with van der Waals surface area (Å²) in [6, 6.07) is 0.518. The zero-order chi connectivity index (χ0) is 13.0. The van der Waals surface area contributed by atoms with E-state index in [1.54, 1.807) is 0 Å². The lowest BCUT2D eigenvalue weighted by Crippen LogP contribution is -2.53. The zero-order valence-electron chi connectivity index (χ0n) is 11.6. The third-order valence-electron chi connectivity index (χ3n) is 3.38. The van der Waals surface area contributed by atoms with E-state index in [-0.39, 0.29) is 11.9 Å². The van der Waals surface area contributed by atoms with Crippen LogP contribution in [0.2, 0.25) is 0 Å². The summed E-state index contributed by atoms with van der Waals surface area (Å²) in [5.74, 6) is 6.22. The lowest BCUT2D eigenvalue weighted by Gasteiger charge is -2.33. The summed E-state index contributed by atoms with van der Waals surface area (Å²) < 4.78 is 0. The lowest BCUT2D eigenvalue weighted by molar-refractivity contribution is -0.128. The number of nitrogens with one attached hydrogen (secondary N) is 1. The number of nitrogens with two attached hydrogens (primary N) is 1. The Morgan fingerprint density at radius 2 is 1.94 bits per heavy atom. The first-order valence-corrected chi connectivity index (χ1v) is 6.73. The average Bonchev–Trinajstić information content (AvgIpc) is 3.05. The molecule has 0 aromatic carbocycles. The molecule has 4 heteroatoms. The summed E-state index contributed by atoms with van der Waals surface area (Å²) in [5.41, 5.74) is 2.32. The minimum atomic E-state index is -0.0775. The monoisotopic (exact) mass is 241 g/mol. The Hall–Kier alpha value is -0.610. The SMILES string of the molecule is CC(C)CCN(C1CC1)C(C(=O)NN)C(C)C. The third-order valence-corrected chi connectivity index (χ3v) is 3.38. The van der Waals surface area contributed by atoms with E-state index in [1.807, 2.05) is 0 Å². The minimum absolute atomic E-state index is 0.0457. The van der Waals surface area contributed by atoms with Crippen molar-refractivity contribution < 1.29 is 4.79 Å². The smallest absolute Gasteiger partial charge is 0.251 e. The Morgan fingerprint density at radius 1 is 1.35 bits per heavy atom. The van der Waals surface area contributed by atoms with Crippen LogP contribution >= 0.6 is 0 Å². The summed E-state index contributed by atoms with van der Waals surface area (Å²) in [7, 11) is 0. The number of hydrogen-bond acceptors (Lipinski definition) is 3. The van der Waals surface area contributed by atoms with Crippen molar-refractivity contribution in [3.63, 3.8) is 0 Å². The van der Waals surface area contributed by atoms with E-state index in [2.05, 4.69) is 38.0 Å². The van der Waals surface area contributed by atoms with Gasteiger partial charge in [-0.15, -0.1) is 0 Å². The van der Waals surface area contributed by atoms with E-state index in [0.29, 0.717) is 17.9 Å². The first-order chi connectivity index (χ1) is 7.97. The van der Waals surface area contributed by atoms with Gasteiger partial charge in [0.25, 0.3) is 5.91 Å². The molecule has 1 aliphatic carbocycles. The molecule has 0 spiro atoms. The second-order valence-corrected chi connectivity index (χ2v) is 5.85. The maximum atomic E-state index is 11.9. The van der Waals surface area contributed by atoms with Crippen molar-refractivity contribution in [3.05, 3.63) is 0 Å². The van der Waals surface area contributed by atoms with Gasteiger partial charge >= 0.3 is 0 Å². The molecule has 0 aliphatic heterocycles. The number of amides is 1. The molecule has 0 aromatic rings. The van der Waals surface area contributed by atoms with Gasteiger partial charge in [0.1, 0.15) is 0 Å². The predicted molar refractivity (Wildman–Crippen MR) is 70.1 cm³/mol. The molecule has 0 aromatic heterocycles. The zero-order valence-corrected chi connectivity index (χ0v) is 11.6. The van der Waals surface area contributed by atoms with E-state index in [1.165, 1.54) is 12.8 Å². The highest BCUT2D eigenvalue weighted by Gasteiger charge is 2.38. The Bertz CT molecular complexity index is 249. The third kappa shape index (κ3) is 4.28. The first kappa shape index (κ1) is 14.5. The Balaban J connectivity index is 2.67. The van der Waals surface area contributed by atoms with Crippen LogP contribution < -0.4 is 11.3 Å². The number of nitrogens with zero attached hydrogens (tertiary/aromatic N) is 1. The van der Waals surface area contributed by atoms with Gasteiger partial charge in [-0.25, -0.2) is 5.84 Å². The number of carbonyl (C=O) groups excluding carboxylic acids is 1. The minimum Gasteiger partial charge on any atom is -0.293 e. The van der Waals surface area contributed by atoms with Crippen molar-refractivity contribution in [2.75, 3.05) is 6.54 Å². The topological polar surface area (TPSA) is 58.4 Å². The number of carbonyl (C=O) groups is 1. The van der Waals surface area contributed by atoms with Crippen LogP contribution in [-0.4, -0.2) is 29.4 Å². The number of hydrogen-bond donors (Lipinski definition) is 2. The Labute approximate surface area is 105 Å². The predicted octanol–water partition coefficient (Wildman–Crippen LogP) is 1.51. The molecule has 1 aliphatic rings. The largest absolute Gasteiger partial charge is 0.293 e. The summed E-state index contributed by atoms with van der Waals surface area (Å²) in [6.45, 7) is 9.62. The molecule has 1 rings (SSSR count). The van der Waals surface area contributed by atoms with Crippen LogP contribution in [0, 0.1) is 11.8 Å². The fourth-order valence-electron chi connectivity index (χ4n) is 2.28. The van der Waals surface area contributed by atoms with E-state index in [9.17, 15) is 4.79 Å². The van der Waals surface area contributed by atoms with E-state index in [4.69, 9.17) is 5.84 Å². The van der Waals surface area contributed by atoms with Gasteiger partial charge < -0.3 is 0 Å². The molecule has 17 heavy (non-hydrogen) atoms. The van der Waals surface area contributed by atoms with Crippen molar-refractivity contribution in [2.45, 2.75) is 59.0 Å². The van der Waals surface area contributed by atoms with Crippen molar-refractivity contribution in [2.24, 2.45) is 17.7 Å². The molecular formula is C13H27N3O.